The van der Waals surface area contributed by atoms with Gasteiger partial charge in [0.1, 0.15) is 10.7 Å². The van der Waals surface area contributed by atoms with Crippen molar-refractivity contribution < 1.29 is 0 Å². The van der Waals surface area contributed by atoms with Crippen molar-refractivity contribution in [3.8, 4) is 0 Å². The fraction of sp³-hybridized carbons (Fsp3) is 0.625. The molecule has 0 saturated heterocycles. The van der Waals surface area contributed by atoms with Gasteiger partial charge < -0.3 is 10.3 Å². The minimum atomic E-state index is 0.0274. The van der Waals surface area contributed by atoms with Gasteiger partial charge in [0.25, 0.3) is 5.56 Å². The first-order valence-corrected chi connectivity index (χ1v) is 8.44. The number of nitrogens with zero attached hydrogens (tertiary/aromatic N) is 1. The molecular formula is C16H23N3OS. The Bertz CT molecular complexity index is 723. The monoisotopic (exact) mass is 305 g/mol. The maximum Gasteiger partial charge on any atom is 0.259 e. The maximum atomic E-state index is 12.3. The van der Waals surface area contributed by atoms with Crippen LogP contribution in [0.2, 0.25) is 0 Å². The Kier molecular flexibility index (Phi) is 3.66. The SMILES string of the molecule is C[C@@H](NCc1nc2sc3c(c2c(=O)[nH]1)CCC3)C(C)(C)C. The summed E-state index contributed by atoms with van der Waals surface area (Å²) in [4.78, 5) is 22.2. The smallest absolute Gasteiger partial charge is 0.259 e. The van der Waals surface area contributed by atoms with E-state index in [1.807, 2.05) is 0 Å². The van der Waals surface area contributed by atoms with Crippen molar-refractivity contribution in [3.63, 3.8) is 0 Å². The topological polar surface area (TPSA) is 57.8 Å². The molecule has 1 atom stereocenters. The second kappa shape index (κ2) is 5.21. The van der Waals surface area contributed by atoms with Crippen LogP contribution >= 0.6 is 11.3 Å². The molecule has 0 unspecified atom stereocenters. The molecule has 3 rings (SSSR count). The van der Waals surface area contributed by atoms with Gasteiger partial charge in [-0.3, -0.25) is 4.79 Å². The predicted octanol–water partition coefficient (Wildman–Crippen LogP) is 3.00. The Morgan fingerprint density at radius 1 is 1.38 bits per heavy atom. The number of aromatic nitrogens is 2. The molecule has 0 bridgehead atoms. The van der Waals surface area contributed by atoms with E-state index in [4.69, 9.17) is 0 Å². The molecule has 0 aromatic carbocycles. The minimum Gasteiger partial charge on any atom is -0.309 e. The molecule has 1 aliphatic rings. The van der Waals surface area contributed by atoms with Crippen LogP contribution in [0.5, 0.6) is 0 Å². The van der Waals surface area contributed by atoms with Gasteiger partial charge in [0, 0.05) is 10.9 Å². The highest BCUT2D eigenvalue weighted by molar-refractivity contribution is 7.18. The van der Waals surface area contributed by atoms with Gasteiger partial charge in [-0.15, -0.1) is 11.3 Å². The second-order valence-electron chi connectivity index (χ2n) is 7.02. The van der Waals surface area contributed by atoms with E-state index in [0.29, 0.717) is 12.6 Å². The number of fused-ring (bicyclic) bond motifs is 3. The van der Waals surface area contributed by atoms with Gasteiger partial charge in [-0.05, 0) is 37.2 Å². The predicted molar refractivity (Wildman–Crippen MR) is 88.0 cm³/mol. The Morgan fingerprint density at radius 3 is 2.86 bits per heavy atom. The van der Waals surface area contributed by atoms with Gasteiger partial charge in [-0.25, -0.2) is 4.98 Å². The minimum absolute atomic E-state index is 0.0274. The zero-order chi connectivity index (χ0) is 15.2. The van der Waals surface area contributed by atoms with Crippen LogP contribution < -0.4 is 10.9 Å². The lowest BCUT2D eigenvalue weighted by Gasteiger charge is -2.28. The maximum absolute atomic E-state index is 12.3. The number of aromatic amines is 1. The highest BCUT2D eigenvalue weighted by atomic mass is 32.1. The quantitative estimate of drug-likeness (QED) is 0.916. The highest BCUT2D eigenvalue weighted by Gasteiger charge is 2.22. The van der Waals surface area contributed by atoms with Crippen molar-refractivity contribution in [1.29, 1.82) is 0 Å². The van der Waals surface area contributed by atoms with Gasteiger partial charge in [0.05, 0.1) is 11.9 Å². The van der Waals surface area contributed by atoms with Gasteiger partial charge in [0.15, 0.2) is 0 Å². The summed E-state index contributed by atoms with van der Waals surface area (Å²) in [5, 5.41) is 4.29. The van der Waals surface area contributed by atoms with Crippen LogP contribution in [-0.2, 0) is 19.4 Å². The van der Waals surface area contributed by atoms with Gasteiger partial charge in [0.2, 0.25) is 0 Å². The number of aryl methyl sites for hydroxylation is 2. The van der Waals surface area contributed by atoms with Crippen molar-refractivity contribution >= 4 is 21.6 Å². The summed E-state index contributed by atoms with van der Waals surface area (Å²) < 4.78 is 0. The first-order chi connectivity index (χ1) is 9.86. The molecule has 0 amide bonds. The van der Waals surface area contributed by atoms with Crippen LogP contribution in [0.3, 0.4) is 0 Å². The van der Waals surface area contributed by atoms with E-state index in [-0.39, 0.29) is 11.0 Å². The van der Waals surface area contributed by atoms with E-state index in [2.05, 4.69) is 43.0 Å². The Balaban J connectivity index is 1.87. The Hall–Kier alpha value is -1.20. The summed E-state index contributed by atoms with van der Waals surface area (Å²) in [5.74, 6) is 0.739. The summed E-state index contributed by atoms with van der Waals surface area (Å²) in [6.07, 6.45) is 3.30. The number of nitrogens with one attached hydrogen (secondary N) is 2. The number of hydrogen-bond donors (Lipinski definition) is 2. The Labute approximate surface area is 129 Å². The summed E-state index contributed by atoms with van der Waals surface area (Å²) >= 11 is 1.70. The molecule has 2 N–H and O–H groups in total. The van der Waals surface area contributed by atoms with E-state index >= 15 is 0 Å². The molecule has 2 aromatic rings. The van der Waals surface area contributed by atoms with E-state index < -0.39 is 0 Å². The molecule has 5 heteroatoms. The van der Waals surface area contributed by atoms with Crippen molar-refractivity contribution in [3.05, 3.63) is 26.6 Å². The summed E-state index contributed by atoms with van der Waals surface area (Å²) in [5.41, 5.74) is 1.46. The first-order valence-electron chi connectivity index (χ1n) is 7.63. The van der Waals surface area contributed by atoms with E-state index in [9.17, 15) is 4.79 Å². The summed E-state index contributed by atoms with van der Waals surface area (Å²) in [7, 11) is 0. The number of rotatable bonds is 3. The van der Waals surface area contributed by atoms with Crippen LogP contribution in [0.1, 0.15) is 50.4 Å². The number of thiophene rings is 1. The fourth-order valence-corrected chi connectivity index (χ4v) is 3.97. The van der Waals surface area contributed by atoms with E-state index in [0.717, 1.165) is 28.9 Å². The molecule has 0 fully saturated rings. The number of hydrogen-bond acceptors (Lipinski definition) is 4. The van der Waals surface area contributed by atoms with Crippen LogP contribution in [0, 0.1) is 5.41 Å². The average molecular weight is 305 g/mol. The van der Waals surface area contributed by atoms with Crippen LogP contribution in [0.25, 0.3) is 10.2 Å². The fourth-order valence-electron chi connectivity index (χ4n) is 2.69. The normalized spacial score (nSPS) is 16.4. The van der Waals surface area contributed by atoms with Crippen molar-refractivity contribution in [2.45, 2.75) is 59.5 Å². The van der Waals surface area contributed by atoms with Crippen molar-refractivity contribution in [2.24, 2.45) is 5.41 Å². The molecule has 0 radical (unpaired) electrons. The second-order valence-corrected chi connectivity index (χ2v) is 8.10. The standard InChI is InChI=1S/C16H23N3OS/c1-9(16(2,3)4)17-8-12-18-14(20)13-10-6-5-7-11(10)21-15(13)19-12/h9,17H,5-8H2,1-4H3,(H,18,19,20)/t9-/m1/s1. The zero-order valence-corrected chi connectivity index (χ0v) is 14.0. The zero-order valence-electron chi connectivity index (χ0n) is 13.2. The lowest BCUT2D eigenvalue weighted by Crippen LogP contribution is -2.37. The molecule has 1 aliphatic carbocycles. The third kappa shape index (κ3) is 2.77. The molecule has 21 heavy (non-hydrogen) atoms. The molecule has 0 aliphatic heterocycles. The highest BCUT2D eigenvalue weighted by Crippen LogP contribution is 2.34. The number of H-pyrrole nitrogens is 1. The van der Waals surface area contributed by atoms with Gasteiger partial charge >= 0.3 is 0 Å². The molecule has 4 nitrogen and oxygen atoms in total. The third-order valence-corrected chi connectivity index (χ3v) is 5.68. The van der Waals surface area contributed by atoms with Crippen molar-refractivity contribution in [2.75, 3.05) is 0 Å². The summed E-state index contributed by atoms with van der Waals surface area (Å²) in [6.45, 7) is 9.37. The van der Waals surface area contributed by atoms with Gasteiger partial charge in [-0.1, -0.05) is 20.8 Å². The molecule has 2 heterocycles. The third-order valence-electron chi connectivity index (χ3n) is 4.50. The van der Waals surface area contributed by atoms with Crippen molar-refractivity contribution in [1.82, 2.24) is 15.3 Å². The molecule has 0 saturated carbocycles. The molecule has 0 spiro atoms. The summed E-state index contributed by atoms with van der Waals surface area (Å²) in [6, 6.07) is 0.354. The van der Waals surface area contributed by atoms with Crippen LogP contribution in [-0.4, -0.2) is 16.0 Å². The lowest BCUT2D eigenvalue weighted by molar-refractivity contribution is 0.283. The van der Waals surface area contributed by atoms with E-state index in [1.165, 1.54) is 16.9 Å². The van der Waals surface area contributed by atoms with Crippen LogP contribution in [0.4, 0.5) is 0 Å². The first kappa shape index (κ1) is 14.7. The Morgan fingerprint density at radius 2 is 2.14 bits per heavy atom. The molecular weight excluding hydrogens is 282 g/mol. The largest absolute Gasteiger partial charge is 0.309 e. The van der Waals surface area contributed by atoms with Crippen LogP contribution in [0.15, 0.2) is 4.79 Å². The van der Waals surface area contributed by atoms with E-state index in [1.54, 1.807) is 11.3 Å². The lowest BCUT2D eigenvalue weighted by atomic mass is 9.88. The molecule has 2 aromatic heterocycles. The van der Waals surface area contributed by atoms with Gasteiger partial charge in [-0.2, -0.15) is 0 Å². The average Bonchev–Trinajstić information content (AvgIpc) is 2.94. The molecule has 114 valence electrons.